The third kappa shape index (κ3) is 8.41. The standard InChI is InChI=1S/C20H33N3O5S2/c1-14(2)8-9-23(15-4-6-16(7-5-15)28-11-10-27-3)20(26)22-18(19(24)25)30-17-12-21-13-29-17/h12-16,18H,4-11H2,1-3H3,(H,22,26)(H,24,25). The third-order valence-electron chi connectivity index (χ3n) is 5.06. The third-order valence-corrected chi connectivity index (χ3v) is 7.09. The maximum absolute atomic E-state index is 13.1. The number of thiazole rings is 1. The number of hydrogen-bond acceptors (Lipinski definition) is 7. The van der Waals surface area contributed by atoms with E-state index in [2.05, 4.69) is 24.1 Å². The van der Waals surface area contributed by atoms with E-state index in [-0.39, 0.29) is 18.2 Å². The Hall–Kier alpha value is -1.36. The van der Waals surface area contributed by atoms with Crippen LogP contribution in [0.15, 0.2) is 15.9 Å². The molecule has 1 aromatic heterocycles. The lowest BCUT2D eigenvalue weighted by Crippen LogP contribution is -2.52. The lowest BCUT2D eigenvalue weighted by atomic mass is 9.91. The Labute approximate surface area is 186 Å². The monoisotopic (exact) mass is 459 g/mol. The minimum absolute atomic E-state index is 0.0916. The van der Waals surface area contributed by atoms with E-state index in [9.17, 15) is 14.7 Å². The molecule has 170 valence electrons. The molecule has 1 atom stereocenters. The van der Waals surface area contributed by atoms with Crippen molar-refractivity contribution in [1.82, 2.24) is 15.2 Å². The van der Waals surface area contributed by atoms with Crippen LogP contribution in [0, 0.1) is 5.92 Å². The van der Waals surface area contributed by atoms with Gasteiger partial charge in [-0.3, -0.25) is 4.98 Å². The van der Waals surface area contributed by atoms with Crippen LogP contribution in [0.25, 0.3) is 0 Å². The molecule has 1 aliphatic carbocycles. The number of methoxy groups -OCH3 is 1. The molecule has 1 aromatic rings. The molecule has 2 N–H and O–H groups in total. The molecule has 1 aliphatic rings. The minimum Gasteiger partial charge on any atom is -0.479 e. The zero-order chi connectivity index (χ0) is 21.9. The van der Waals surface area contributed by atoms with Gasteiger partial charge in [-0.15, -0.1) is 11.3 Å². The fourth-order valence-corrected chi connectivity index (χ4v) is 4.99. The summed E-state index contributed by atoms with van der Waals surface area (Å²) < 4.78 is 11.6. The molecule has 0 spiro atoms. The Kier molecular flexibility index (Phi) is 10.9. The van der Waals surface area contributed by atoms with E-state index in [1.165, 1.54) is 11.3 Å². The van der Waals surface area contributed by atoms with Gasteiger partial charge in [0.05, 0.1) is 35.2 Å². The van der Waals surface area contributed by atoms with E-state index in [0.717, 1.165) is 48.1 Å². The number of ether oxygens (including phenoxy) is 2. The first-order chi connectivity index (χ1) is 14.4. The first kappa shape index (κ1) is 24.9. The topological polar surface area (TPSA) is 101 Å². The van der Waals surface area contributed by atoms with Crippen molar-refractivity contribution in [3.05, 3.63) is 11.7 Å². The number of nitrogens with one attached hydrogen (secondary N) is 1. The van der Waals surface area contributed by atoms with Crippen LogP contribution in [-0.4, -0.2) is 71.4 Å². The number of thioether (sulfide) groups is 1. The fourth-order valence-electron chi connectivity index (χ4n) is 3.38. The van der Waals surface area contributed by atoms with Gasteiger partial charge in [-0.05, 0) is 38.0 Å². The average Bonchev–Trinajstić information content (AvgIpc) is 3.22. The van der Waals surface area contributed by atoms with E-state index in [0.29, 0.717) is 25.7 Å². The maximum Gasteiger partial charge on any atom is 0.337 e. The molecule has 30 heavy (non-hydrogen) atoms. The van der Waals surface area contributed by atoms with E-state index in [4.69, 9.17) is 9.47 Å². The Morgan fingerprint density at radius 3 is 2.63 bits per heavy atom. The lowest BCUT2D eigenvalue weighted by molar-refractivity contribution is -0.136. The van der Waals surface area contributed by atoms with Crippen molar-refractivity contribution in [2.24, 2.45) is 5.92 Å². The number of carboxylic acid groups (broad SMARTS) is 1. The summed E-state index contributed by atoms with van der Waals surface area (Å²) in [6, 6.07) is -0.224. The second-order valence-electron chi connectivity index (χ2n) is 7.78. The van der Waals surface area contributed by atoms with Crippen molar-refractivity contribution >= 4 is 35.1 Å². The molecule has 0 saturated heterocycles. The van der Waals surface area contributed by atoms with Gasteiger partial charge in [-0.1, -0.05) is 25.6 Å². The number of rotatable bonds is 12. The minimum atomic E-state index is -1.07. The predicted octanol–water partition coefficient (Wildman–Crippen LogP) is 3.68. The highest BCUT2D eigenvalue weighted by atomic mass is 32.2. The number of aromatic nitrogens is 1. The molecular formula is C20H33N3O5S2. The number of carbonyl (C=O) groups is 2. The van der Waals surface area contributed by atoms with Crippen LogP contribution in [0.2, 0.25) is 0 Å². The van der Waals surface area contributed by atoms with Gasteiger partial charge in [0.1, 0.15) is 0 Å². The molecule has 2 amide bonds. The molecule has 8 nitrogen and oxygen atoms in total. The van der Waals surface area contributed by atoms with E-state index in [1.807, 2.05) is 4.90 Å². The molecule has 1 saturated carbocycles. The van der Waals surface area contributed by atoms with Crippen LogP contribution in [0.4, 0.5) is 4.79 Å². The number of aliphatic carboxylic acids is 1. The van der Waals surface area contributed by atoms with Crippen molar-refractivity contribution in [2.75, 3.05) is 26.9 Å². The molecule has 1 heterocycles. The molecule has 0 radical (unpaired) electrons. The molecule has 1 fully saturated rings. The van der Waals surface area contributed by atoms with Gasteiger partial charge < -0.3 is 24.8 Å². The molecular weight excluding hydrogens is 426 g/mol. The number of nitrogens with zero attached hydrogens (tertiary/aromatic N) is 2. The summed E-state index contributed by atoms with van der Waals surface area (Å²) in [5.41, 5.74) is 1.64. The van der Waals surface area contributed by atoms with Crippen molar-refractivity contribution in [1.29, 1.82) is 0 Å². The normalized spacial score (nSPS) is 20.1. The zero-order valence-electron chi connectivity index (χ0n) is 17.9. The first-order valence-electron chi connectivity index (χ1n) is 10.4. The number of urea groups is 1. The van der Waals surface area contributed by atoms with Gasteiger partial charge in [0.25, 0.3) is 0 Å². The van der Waals surface area contributed by atoms with Crippen molar-refractivity contribution in [3.63, 3.8) is 0 Å². The Bertz CT molecular complexity index is 636. The van der Waals surface area contributed by atoms with E-state index in [1.54, 1.807) is 18.8 Å². The number of carbonyl (C=O) groups excluding carboxylic acids is 1. The van der Waals surface area contributed by atoms with Gasteiger partial charge in [0, 0.05) is 19.7 Å². The Balaban J connectivity index is 1.97. The quantitative estimate of drug-likeness (QED) is 0.279. The highest BCUT2D eigenvalue weighted by molar-refractivity contribution is 8.02. The van der Waals surface area contributed by atoms with E-state index < -0.39 is 11.3 Å². The van der Waals surface area contributed by atoms with Gasteiger partial charge in [-0.2, -0.15) is 0 Å². The van der Waals surface area contributed by atoms with Crippen LogP contribution in [0.1, 0.15) is 46.0 Å². The summed E-state index contributed by atoms with van der Waals surface area (Å²) in [6.45, 7) is 6.02. The van der Waals surface area contributed by atoms with Gasteiger partial charge >= 0.3 is 12.0 Å². The van der Waals surface area contributed by atoms with Crippen LogP contribution >= 0.6 is 23.1 Å². The summed E-state index contributed by atoms with van der Waals surface area (Å²) in [5, 5.41) is 11.2. The largest absolute Gasteiger partial charge is 0.479 e. The molecule has 0 aliphatic heterocycles. The van der Waals surface area contributed by atoms with Crippen molar-refractivity contribution in [2.45, 2.75) is 67.7 Å². The SMILES string of the molecule is COCCOC1CCC(N(CCC(C)C)C(=O)NC(Sc2cncs2)C(=O)O)CC1. The van der Waals surface area contributed by atoms with Gasteiger partial charge in [0.2, 0.25) is 0 Å². The smallest absolute Gasteiger partial charge is 0.337 e. The summed E-state index contributed by atoms with van der Waals surface area (Å²) >= 11 is 2.45. The molecule has 1 unspecified atom stereocenters. The average molecular weight is 460 g/mol. The fraction of sp³-hybridized carbons (Fsp3) is 0.750. The number of amides is 2. The van der Waals surface area contributed by atoms with Gasteiger partial charge in [0.15, 0.2) is 5.37 Å². The molecule has 2 rings (SSSR count). The highest BCUT2D eigenvalue weighted by Gasteiger charge is 2.31. The number of hydrogen-bond donors (Lipinski definition) is 2. The molecule has 0 aromatic carbocycles. The summed E-state index contributed by atoms with van der Waals surface area (Å²) in [4.78, 5) is 30.6. The highest BCUT2D eigenvalue weighted by Crippen LogP contribution is 2.28. The summed E-state index contributed by atoms with van der Waals surface area (Å²) in [6.07, 6.45) is 6.15. The maximum atomic E-state index is 13.1. The zero-order valence-corrected chi connectivity index (χ0v) is 19.5. The van der Waals surface area contributed by atoms with Crippen LogP contribution in [0.3, 0.4) is 0 Å². The van der Waals surface area contributed by atoms with Crippen molar-refractivity contribution < 1.29 is 24.2 Å². The Morgan fingerprint density at radius 1 is 1.33 bits per heavy atom. The molecule has 0 bridgehead atoms. The summed E-state index contributed by atoms with van der Waals surface area (Å²) in [5.74, 6) is -0.614. The van der Waals surface area contributed by atoms with E-state index >= 15 is 0 Å². The van der Waals surface area contributed by atoms with Crippen LogP contribution in [0.5, 0.6) is 0 Å². The second kappa shape index (κ2) is 13.1. The van der Waals surface area contributed by atoms with Crippen LogP contribution < -0.4 is 5.32 Å². The Morgan fingerprint density at radius 2 is 2.07 bits per heavy atom. The summed E-state index contributed by atoms with van der Waals surface area (Å²) in [7, 11) is 1.66. The predicted molar refractivity (Wildman–Crippen MR) is 118 cm³/mol. The second-order valence-corrected chi connectivity index (χ2v) is 10.1. The number of carboxylic acids is 1. The lowest BCUT2D eigenvalue weighted by Gasteiger charge is -2.37. The van der Waals surface area contributed by atoms with Crippen LogP contribution in [-0.2, 0) is 14.3 Å². The van der Waals surface area contributed by atoms with Crippen molar-refractivity contribution in [3.8, 4) is 0 Å². The molecule has 10 heteroatoms. The van der Waals surface area contributed by atoms with Gasteiger partial charge in [-0.25, -0.2) is 9.59 Å². The first-order valence-corrected chi connectivity index (χ1v) is 12.1.